The van der Waals surface area contributed by atoms with Crippen molar-refractivity contribution in [2.45, 2.75) is 32.6 Å². The Morgan fingerprint density at radius 2 is 2.00 bits per heavy atom. The maximum atomic E-state index is 10.1. The predicted octanol–water partition coefficient (Wildman–Crippen LogP) is 3.03. The Hall–Kier alpha value is 0.170. The van der Waals surface area contributed by atoms with E-state index >= 15 is 0 Å². The van der Waals surface area contributed by atoms with Crippen molar-refractivity contribution in [1.29, 1.82) is 0 Å². The Morgan fingerprint density at radius 1 is 1.25 bits per heavy atom. The van der Waals surface area contributed by atoms with E-state index in [0.717, 1.165) is 30.8 Å². The van der Waals surface area contributed by atoms with Crippen molar-refractivity contribution in [2.24, 2.45) is 0 Å². The maximum Gasteiger partial charge on any atom is 0.303 e. The third kappa shape index (κ3) is 10.2. The van der Waals surface area contributed by atoms with E-state index in [1.807, 2.05) is 21.6 Å². The molecule has 0 rings (SSSR count). The van der Waals surface area contributed by atoms with Gasteiger partial charge in [0.25, 0.3) is 0 Å². The lowest BCUT2D eigenvalue weighted by Crippen LogP contribution is -1.93. The van der Waals surface area contributed by atoms with Crippen molar-refractivity contribution in [3.05, 3.63) is 0 Å². The first-order valence-electron chi connectivity index (χ1n) is 4.23. The Bertz CT molecular complexity index is 118. The van der Waals surface area contributed by atoms with Gasteiger partial charge in [-0.3, -0.25) is 4.79 Å². The summed E-state index contributed by atoms with van der Waals surface area (Å²) in [6, 6.07) is 0. The molecule has 0 saturated heterocycles. The Morgan fingerprint density at radius 3 is 2.58 bits per heavy atom. The van der Waals surface area contributed by atoms with Crippen molar-refractivity contribution in [3.63, 3.8) is 0 Å². The van der Waals surface area contributed by atoms with Gasteiger partial charge in [-0.15, -0.1) is 0 Å². The monoisotopic (exact) mass is 208 g/mol. The SMILES string of the molecule is CCSSCCCCCC(=O)O. The summed E-state index contributed by atoms with van der Waals surface area (Å²) in [5.74, 6) is 1.63. The molecule has 0 saturated carbocycles. The molecule has 0 aromatic carbocycles. The summed E-state index contributed by atoms with van der Waals surface area (Å²) in [5.41, 5.74) is 0. The molecule has 0 spiro atoms. The van der Waals surface area contributed by atoms with Gasteiger partial charge in [0.05, 0.1) is 0 Å². The highest BCUT2D eigenvalue weighted by Gasteiger charge is 1.95. The zero-order valence-electron chi connectivity index (χ0n) is 7.41. The van der Waals surface area contributed by atoms with Gasteiger partial charge in [-0.2, -0.15) is 0 Å². The molecule has 0 heterocycles. The highest BCUT2D eigenvalue weighted by atomic mass is 33.1. The molecule has 4 heteroatoms. The maximum absolute atomic E-state index is 10.1. The first kappa shape index (κ1) is 12.2. The summed E-state index contributed by atoms with van der Waals surface area (Å²) in [6.07, 6.45) is 3.34. The minimum absolute atomic E-state index is 0.325. The van der Waals surface area contributed by atoms with Crippen molar-refractivity contribution in [1.82, 2.24) is 0 Å². The fraction of sp³-hybridized carbons (Fsp3) is 0.875. The molecule has 0 aliphatic rings. The lowest BCUT2D eigenvalue weighted by molar-refractivity contribution is -0.137. The molecular formula is C8H16O2S2. The van der Waals surface area contributed by atoms with E-state index in [9.17, 15) is 4.79 Å². The molecule has 0 fully saturated rings. The molecule has 0 unspecified atom stereocenters. The summed E-state index contributed by atoms with van der Waals surface area (Å²) >= 11 is 0. The van der Waals surface area contributed by atoms with Crippen LogP contribution >= 0.6 is 21.6 Å². The van der Waals surface area contributed by atoms with Gasteiger partial charge < -0.3 is 5.11 Å². The smallest absolute Gasteiger partial charge is 0.303 e. The minimum Gasteiger partial charge on any atom is -0.481 e. The Labute approximate surface area is 81.9 Å². The summed E-state index contributed by atoms with van der Waals surface area (Å²) in [5, 5.41) is 8.34. The van der Waals surface area contributed by atoms with E-state index in [4.69, 9.17) is 5.11 Å². The first-order chi connectivity index (χ1) is 5.77. The molecule has 0 aromatic heterocycles. The summed E-state index contributed by atoms with van der Waals surface area (Å²) in [6.45, 7) is 2.14. The Balaban J connectivity index is 2.86. The molecule has 0 atom stereocenters. The average Bonchev–Trinajstić information content (AvgIpc) is 2.02. The number of unbranched alkanes of at least 4 members (excludes halogenated alkanes) is 2. The lowest BCUT2D eigenvalue weighted by Gasteiger charge is -1.97. The highest BCUT2D eigenvalue weighted by Crippen LogP contribution is 2.21. The van der Waals surface area contributed by atoms with Crippen LogP contribution in [0.25, 0.3) is 0 Å². The van der Waals surface area contributed by atoms with Crippen LogP contribution in [-0.2, 0) is 4.79 Å². The molecule has 2 nitrogen and oxygen atoms in total. The van der Waals surface area contributed by atoms with Gasteiger partial charge >= 0.3 is 5.97 Å². The molecule has 1 N–H and O–H groups in total. The van der Waals surface area contributed by atoms with Crippen molar-refractivity contribution >= 4 is 27.6 Å². The second kappa shape index (κ2) is 9.26. The molecule has 0 amide bonds. The van der Waals surface area contributed by atoms with Crippen LogP contribution in [0.15, 0.2) is 0 Å². The van der Waals surface area contributed by atoms with Crippen LogP contribution in [-0.4, -0.2) is 22.6 Å². The standard InChI is InChI=1S/C8H16O2S2/c1-2-11-12-7-5-3-4-6-8(9)10/h2-7H2,1H3,(H,9,10). The lowest BCUT2D eigenvalue weighted by atomic mass is 10.2. The van der Waals surface area contributed by atoms with Crippen LogP contribution in [0.2, 0.25) is 0 Å². The number of carboxylic acids is 1. The number of carboxylic acid groups (broad SMARTS) is 1. The largest absolute Gasteiger partial charge is 0.481 e. The van der Waals surface area contributed by atoms with Gasteiger partial charge in [-0.1, -0.05) is 34.9 Å². The van der Waals surface area contributed by atoms with Gasteiger partial charge in [0.2, 0.25) is 0 Å². The molecule has 0 radical (unpaired) electrons. The van der Waals surface area contributed by atoms with Crippen molar-refractivity contribution < 1.29 is 9.90 Å². The zero-order valence-corrected chi connectivity index (χ0v) is 9.05. The highest BCUT2D eigenvalue weighted by molar-refractivity contribution is 8.76. The van der Waals surface area contributed by atoms with E-state index in [1.165, 1.54) is 0 Å². The summed E-state index contributed by atoms with van der Waals surface area (Å²) in [7, 11) is 3.75. The van der Waals surface area contributed by atoms with Gasteiger partial charge in [0, 0.05) is 17.9 Å². The second-order valence-electron chi connectivity index (χ2n) is 2.43. The van der Waals surface area contributed by atoms with Crippen LogP contribution in [0.4, 0.5) is 0 Å². The number of carbonyl (C=O) groups is 1. The van der Waals surface area contributed by atoms with E-state index in [0.29, 0.717) is 6.42 Å². The first-order valence-corrected chi connectivity index (χ1v) is 6.72. The molecule has 0 bridgehead atoms. The molecule has 0 aliphatic carbocycles. The molecule has 12 heavy (non-hydrogen) atoms. The normalized spacial score (nSPS) is 10.1. The second-order valence-corrected chi connectivity index (χ2v) is 5.30. The summed E-state index contributed by atoms with van der Waals surface area (Å²) < 4.78 is 0. The third-order valence-electron chi connectivity index (χ3n) is 1.32. The fourth-order valence-corrected chi connectivity index (χ4v) is 2.57. The van der Waals surface area contributed by atoms with Crippen molar-refractivity contribution in [3.8, 4) is 0 Å². The quantitative estimate of drug-likeness (QED) is 0.491. The van der Waals surface area contributed by atoms with E-state index in [1.54, 1.807) is 0 Å². The van der Waals surface area contributed by atoms with Crippen LogP contribution < -0.4 is 0 Å². The molecule has 72 valence electrons. The van der Waals surface area contributed by atoms with E-state index < -0.39 is 5.97 Å². The van der Waals surface area contributed by atoms with Crippen LogP contribution in [0.1, 0.15) is 32.6 Å². The van der Waals surface area contributed by atoms with Gasteiger partial charge in [0.1, 0.15) is 0 Å². The van der Waals surface area contributed by atoms with E-state index in [-0.39, 0.29) is 0 Å². The number of hydrogen-bond donors (Lipinski definition) is 1. The van der Waals surface area contributed by atoms with Crippen LogP contribution in [0, 0.1) is 0 Å². The average molecular weight is 208 g/mol. The summed E-state index contributed by atoms with van der Waals surface area (Å²) in [4.78, 5) is 10.1. The minimum atomic E-state index is -0.675. The molecule has 0 aromatic rings. The number of hydrogen-bond acceptors (Lipinski definition) is 3. The van der Waals surface area contributed by atoms with Gasteiger partial charge in [-0.05, 0) is 12.8 Å². The molecule has 0 aliphatic heterocycles. The van der Waals surface area contributed by atoms with Crippen molar-refractivity contribution in [2.75, 3.05) is 11.5 Å². The Kier molecular flexibility index (Phi) is 9.39. The zero-order chi connectivity index (χ0) is 9.23. The van der Waals surface area contributed by atoms with Gasteiger partial charge in [-0.25, -0.2) is 0 Å². The van der Waals surface area contributed by atoms with Crippen LogP contribution in [0.5, 0.6) is 0 Å². The van der Waals surface area contributed by atoms with Gasteiger partial charge in [0.15, 0.2) is 0 Å². The van der Waals surface area contributed by atoms with E-state index in [2.05, 4.69) is 6.92 Å². The third-order valence-corrected chi connectivity index (χ3v) is 3.88. The predicted molar refractivity (Wildman–Crippen MR) is 56.7 cm³/mol. The topological polar surface area (TPSA) is 37.3 Å². The fourth-order valence-electron chi connectivity index (χ4n) is 0.756. The number of aliphatic carboxylic acids is 1. The molecular weight excluding hydrogens is 192 g/mol. The number of rotatable bonds is 8. The van der Waals surface area contributed by atoms with Crippen LogP contribution in [0.3, 0.4) is 0 Å².